The van der Waals surface area contributed by atoms with Gasteiger partial charge in [-0.05, 0) is 123 Å². The molecule has 0 saturated heterocycles. The van der Waals surface area contributed by atoms with E-state index in [1.807, 2.05) is 18.2 Å². The number of hydrogen-bond acceptors (Lipinski definition) is 2. The molecule has 1 aromatic heterocycles. The molecule has 12 aromatic rings. The van der Waals surface area contributed by atoms with Gasteiger partial charge in [0.1, 0.15) is 11.2 Å². The molecule has 2 heteroatoms. The maximum absolute atomic E-state index is 9.76. The second kappa shape index (κ2) is 11.3. The predicted octanol–water partition coefficient (Wildman–Crippen LogP) is 14.9. The largest absolute Gasteiger partial charge is 0.455 e. The van der Waals surface area contributed by atoms with Gasteiger partial charge in [0.15, 0.2) is 0 Å². The highest BCUT2D eigenvalue weighted by Crippen LogP contribution is 2.47. The SMILES string of the molecule is N#Cc1cccc(-c2c3ccccc3c(-c3ccc4c(c3)c3ccccc3c3cc5c(cc43)oc3c4ccccc4c4ccccc4c53)c3ccccc23)c1. The average molecular weight is 696 g/mol. The zero-order valence-electron chi connectivity index (χ0n) is 29.6. The summed E-state index contributed by atoms with van der Waals surface area (Å²) in [5.74, 6) is 0. The van der Waals surface area contributed by atoms with Crippen molar-refractivity contribution in [3.05, 3.63) is 181 Å². The fraction of sp³-hybridized carbons (Fsp3) is 0. The minimum Gasteiger partial charge on any atom is -0.455 e. The van der Waals surface area contributed by atoms with Crippen molar-refractivity contribution >= 4 is 97.3 Å². The van der Waals surface area contributed by atoms with Gasteiger partial charge < -0.3 is 4.42 Å². The molecule has 252 valence electrons. The molecule has 0 unspecified atom stereocenters. The molecule has 0 atom stereocenters. The zero-order valence-corrected chi connectivity index (χ0v) is 29.6. The summed E-state index contributed by atoms with van der Waals surface area (Å²) in [7, 11) is 0. The summed E-state index contributed by atoms with van der Waals surface area (Å²) < 4.78 is 6.88. The number of rotatable bonds is 2. The molecule has 0 amide bonds. The molecule has 11 aromatic carbocycles. The van der Waals surface area contributed by atoms with Crippen molar-refractivity contribution in [1.82, 2.24) is 0 Å². The van der Waals surface area contributed by atoms with Crippen LogP contribution in [0.1, 0.15) is 5.56 Å². The number of hydrogen-bond donors (Lipinski definition) is 0. The Morgan fingerprint density at radius 2 is 0.782 bits per heavy atom. The number of nitriles is 1. The molecule has 0 fully saturated rings. The minimum absolute atomic E-state index is 0.657. The van der Waals surface area contributed by atoms with Gasteiger partial charge in [0, 0.05) is 16.2 Å². The third kappa shape index (κ3) is 4.18. The molecule has 12 rings (SSSR count). The van der Waals surface area contributed by atoms with Crippen LogP contribution >= 0.6 is 0 Å². The van der Waals surface area contributed by atoms with E-state index in [4.69, 9.17) is 4.42 Å². The first kappa shape index (κ1) is 30.0. The number of benzene rings is 11. The van der Waals surface area contributed by atoms with Gasteiger partial charge in [0.25, 0.3) is 0 Å². The summed E-state index contributed by atoms with van der Waals surface area (Å²) in [6, 6.07) is 65.5. The molecule has 0 bridgehead atoms. The smallest absolute Gasteiger partial charge is 0.143 e. The quantitative estimate of drug-likeness (QED) is 0.133. The molecule has 2 nitrogen and oxygen atoms in total. The first-order valence-corrected chi connectivity index (χ1v) is 18.7. The van der Waals surface area contributed by atoms with E-state index in [-0.39, 0.29) is 0 Å². The lowest BCUT2D eigenvalue weighted by Crippen LogP contribution is -1.92. The molecule has 0 aliphatic carbocycles. The van der Waals surface area contributed by atoms with Crippen LogP contribution in [0.5, 0.6) is 0 Å². The van der Waals surface area contributed by atoms with Crippen LogP contribution in [0.25, 0.3) is 120 Å². The lowest BCUT2D eigenvalue weighted by atomic mass is 9.84. The van der Waals surface area contributed by atoms with E-state index in [1.165, 1.54) is 86.5 Å². The van der Waals surface area contributed by atoms with Crippen LogP contribution in [0.4, 0.5) is 0 Å². The highest BCUT2D eigenvalue weighted by Gasteiger charge is 2.20. The van der Waals surface area contributed by atoms with Crippen LogP contribution in [-0.2, 0) is 0 Å². The standard InChI is InChI=1S/C53H29NO/c54-30-31-12-11-13-32(26-31)50-40-19-6-8-21-42(40)51(43-22-9-7-20-41(43)50)33-24-25-38-45(27-33)36-16-1-2-17-37(36)46-28-48-49(29-47(38)46)55-53-44-23-10-4-15-35(44)34-14-3-5-18-39(34)52(48)53/h1-29H. The van der Waals surface area contributed by atoms with Gasteiger partial charge in [0.2, 0.25) is 0 Å². The Morgan fingerprint density at radius 3 is 1.38 bits per heavy atom. The Hall–Kier alpha value is -7.47. The molecule has 0 radical (unpaired) electrons. The summed E-state index contributed by atoms with van der Waals surface area (Å²) in [6.07, 6.45) is 0. The first-order chi connectivity index (χ1) is 27.2. The monoisotopic (exact) mass is 695 g/mol. The fourth-order valence-corrected chi connectivity index (χ4v) is 9.50. The molecule has 0 aliphatic heterocycles. The van der Waals surface area contributed by atoms with Gasteiger partial charge in [-0.15, -0.1) is 0 Å². The Balaban J connectivity index is 1.18. The molecule has 1 heterocycles. The number of furan rings is 1. The highest BCUT2D eigenvalue weighted by atomic mass is 16.3. The Morgan fingerprint density at radius 1 is 0.327 bits per heavy atom. The maximum Gasteiger partial charge on any atom is 0.143 e. The number of nitrogens with zero attached hydrogens (tertiary/aromatic N) is 1. The second-order valence-corrected chi connectivity index (χ2v) is 14.6. The van der Waals surface area contributed by atoms with Crippen LogP contribution in [0, 0.1) is 11.3 Å². The normalized spacial score (nSPS) is 12.0. The van der Waals surface area contributed by atoms with Gasteiger partial charge in [-0.2, -0.15) is 5.26 Å². The zero-order chi connectivity index (χ0) is 36.2. The van der Waals surface area contributed by atoms with Gasteiger partial charge >= 0.3 is 0 Å². The van der Waals surface area contributed by atoms with Crippen LogP contribution in [0.2, 0.25) is 0 Å². The van der Waals surface area contributed by atoms with Crippen LogP contribution in [-0.4, -0.2) is 0 Å². The summed E-state index contributed by atoms with van der Waals surface area (Å²) in [6.45, 7) is 0. The maximum atomic E-state index is 9.76. The predicted molar refractivity (Wildman–Crippen MR) is 232 cm³/mol. The van der Waals surface area contributed by atoms with Crippen molar-refractivity contribution in [3.63, 3.8) is 0 Å². The summed E-state index contributed by atoms with van der Waals surface area (Å²) in [4.78, 5) is 0. The van der Waals surface area contributed by atoms with Crippen LogP contribution in [0.3, 0.4) is 0 Å². The van der Waals surface area contributed by atoms with Gasteiger partial charge in [-0.25, -0.2) is 0 Å². The summed E-state index contributed by atoms with van der Waals surface area (Å²) in [5, 5.41) is 28.9. The van der Waals surface area contributed by atoms with E-state index in [1.54, 1.807) is 0 Å². The molecule has 0 aliphatic rings. The molecule has 0 spiro atoms. The lowest BCUT2D eigenvalue weighted by molar-refractivity contribution is 0.673. The number of fused-ring (bicyclic) bond motifs is 16. The second-order valence-electron chi connectivity index (χ2n) is 14.6. The van der Waals surface area contributed by atoms with Crippen molar-refractivity contribution < 1.29 is 4.42 Å². The van der Waals surface area contributed by atoms with Crippen LogP contribution in [0.15, 0.2) is 180 Å². The Labute approximate surface area is 315 Å². The Bertz CT molecular complexity index is 3620. The van der Waals surface area contributed by atoms with E-state index < -0.39 is 0 Å². The Kier molecular flexibility index (Phi) is 6.15. The van der Waals surface area contributed by atoms with E-state index in [2.05, 4.69) is 164 Å². The molecular weight excluding hydrogens is 667 g/mol. The van der Waals surface area contributed by atoms with Crippen molar-refractivity contribution in [1.29, 1.82) is 5.26 Å². The van der Waals surface area contributed by atoms with Crippen molar-refractivity contribution in [2.75, 3.05) is 0 Å². The van der Waals surface area contributed by atoms with Crippen LogP contribution < -0.4 is 0 Å². The van der Waals surface area contributed by atoms with Gasteiger partial charge in [0.05, 0.1) is 11.6 Å². The lowest BCUT2D eigenvalue weighted by Gasteiger charge is -2.18. The summed E-state index contributed by atoms with van der Waals surface area (Å²) in [5.41, 5.74) is 7.08. The molecule has 55 heavy (non-hydrogen) atoms. The van der Waals surface area contributed by atoms with E-state index in [9.17, 15) is 5.26 Å². The fourth-order valence-electron chi connectivity index (χ4n) is 9.50. The third-order valence-electron chi connectivity index (χ3n) is 11.8. The van der Waals surface area contributed by atoms with Crippen molar-refractivity contribution in [2.24, 2.45) is 0 Å². The average Bonchev–Trinajstić information content (AvgIpc) is 3.64. The topological polar surface area (TPSA) is 36.9 Å². The molecular formula is C53H29NO. The molecule has 0 N–H and O–H groups in total. The van der Waals surface area contributed by atoms with E-state index >= 15 is 0 Å². The van der Waals surface area contributed by atoms with Crippen molar-refractivity contribution in [3.8, 4) is 28.3 Å². The van der Waals surface area contributed by atoms with E-state index in [0.717, 1.165) is 33.1 Å². The molecule has 0 saturated carbocycles. The highest BCUT2D eigenvalue weighted by molar-refractivity contribution is 6.34. The minimum atomic E-state index is 0.657. The van der Waals surface area contributed by atoms with Crippen molar-refractivity contribution in [2.45, 2.75) is 0 Å². The van der Waals surface area contributed by atoms with Gasteiger partial charge in [-0.3, -0.25) is 0 Å². The summed E-state index contributed by atoms with van der Waals surface area (Å²) >= 11 is 0. The van der Waals surface area contributed by atoms with Gasteiger partial charge in [-0.1, -0.05) is 146 Å². The van der Waals surface area contributed by atoms with E-state index in [0.29, 0.717) is 5.56 Å². The first-order valence-electron chi connectivity index (χ1n) is 18.7. The third-order valence-corrected chi connectivity index (χ3v) is 11.8.